The van der Waals surface area contributed by atoms with Gasteiger partial charge in [-0.15, -0.1) is 12.4 Å². The van der Waals surface area contributed by atoms with Crippen molar-refractivity contribution in [3.8, 4) is 5.75 Å². The van der Waals surface area contributed by atoms with Gasteiger partial charge in [-0.2, -0.15) is 0 Å². The van der Waals surface area contributed by atoms with Crippen molar-refractivity contribution in [2.75, 3.05) is 13.6 Å². The fourth-order valence-corrected chi connectivity index (χ4v) is 2.46. The number of hydrogen-bond acceptors (Lipinski definition) is 3. The van der Waals surface area contributed by atoms with Crippen molar-refractivity contribution >= 4 is 18.3 Å². The fraction of sp³-hybridized carbons (Fsp3) is 0.533. The topological polar surface area (TPSA) is 50.4 Å². The fourth-order valence-electron chi connectivity index (χ4n) is 2.46. The van der Waals surface area contributed by atoms with Crippen LogP contribution in [0.15, 0.2) is 18.2 Å². The van der Waals surface area contributed by atoms with Gasteiger partial charge in [0.15, 0.2) is 0 Å². The molecule has 0 bridgehead atoms. The summed E-state index contributed by atoms with van der Waals surface area (Å²) in [5.74, 6) is 0.166. The zero-order chi connectivity index (χ0) is 14.8. The molecule has 1 aliphatic rings. The minimum Gasteiger partial charge on any atom is -0.487 e. The second-order valence-corrected chi connectivity index (χ2v) is 5.72. The van der Waals surface area contributed by atoms with Gasteiger partial charge in [0.1, 0.15) is 17.2 Å². The summed E-state index contributed by atoms with van der Waals surface area (Å²) < 4.78 is 19.1. The molecule has 118 valence electrons. The van der Waals surface area contributed by atoms with Gasteiger partial charge >= 0.3 is 0 Å². The van der Waals surface area contributed by atoms with E-state index >= 15 is 0 Å². The molecule has 1 unspecified atom stereocenters. The molecule has 0 spiro atoms. The number of nitrogens with one attached hydrogen (secondary N) is 2. The number of halogens is 2. The van der Waals surface area contributed by atoms with Crippen LogP contribution in [-0.4, -0.2) is 25.1 Å². The van der Waals surface area contributed by atoms with Crippen molar-refractivity contribution in [2.24, 2.45) is 0 Å². The molecule has 2 rings (SSSR count). The molecular weight excluding hydrogens is 295 g/mol. The molecule has 0 fully saturated rings. The molecule has 1 atom stereocenters. The molecule has 1 heterocycles. The van der Waals surface area contributed by atoms with Crippen LogP contribution in [0.5, 0.6) is 5.75 Å². The Kier molecular flexibility index (Phi) is 5.98. The quantitative estimate of drug-likeness (QED) is 0.897. The smallest absolute Gasteiger partial charge is 0.221 e. The van der Waals surface area contributed by atoms with Crippen molar-refractivity contribution in [2.45, 2.75) is 38.3 Å². The summed E-state index contributed by atoms with van der Waals surface area (Å²) in [5.41, 5.74) is 0.408. The van der Waals surface area contributed by atoms with E-state index in [2.05, 4.69) is 10.6 Å². The van der Waals surface area contributed by atoms with Crippen LogP contribution in [0.25, 0.3) is 0 Å². The monoisotopic (exact) mass is 316 g/mol. The largest absolute Gasteiger partial charge is 0.487 e. The lowest BCUT2D eigenvalue weighted by Gasteiger charge is -2.37. The maximum absolute atomic E-state index is 13.3. The van der Waals surface area contributed by atoms with E-state index in [1.807, 2.05) is 20.9 Å². The second kappa shape index (κ2) is 7.09. The molecule has 1 aromatic rings. The molecule has 6 heteroatoms. The van der Waals surface area contributed by atoms with E-state index in [1.54, 1.807) is 6.07 Å². The lowest BCUT2D eigenvalue weighted by atomic mass is 9.89. The summed E-state index contributed by atoms with van der Waals surface area (Å²) in [4.78, 5) is 11.9. The summed E-state index contributed by atoms with van der Waals surface area (Å²) in [7, 11) is 1.81. The molecule has 1 aromatic carbocycles. The van der Waals surface area contributed by atoms with Crippen molar-refractivity contribution in [1.29, 1.82) is 0 Å². The van der Waals surface area contributed by atoms with Gasteiger partial charge in [0, 0.05) is 31.0 Å². The van der Waals surface area contributed by atoms with Crippen molar-refractivity contribution < 1.29 is 13.9 Å². The molecule has 0 saturated carbocycles. The number of amides is 1. The Labute approximate surface area is 130 Å². The number of hydrogen-bond donors (Lipinski definition) is 2. The van der Waals surface area contributed by atoms with Gasteiger partial charge in [-0.3, -0.25) is 4.79 Å². The number of carbonyl (C=O) groups is 1. The van der Waals surface area contributed by atoms with Gasteiger partial charge in [0.25, 0.3) is 0 Å². The van der Waals surface area contributed by atoms with E-state index in [1.165, 1.54) is 12.1 Å². The predicted molar refractivity (Wildman–Crippen MR) is 82.4 cm³/mol. The zero-order valence-corrected chi connectivity index (χ0v) is 13.3. The third-order valence-corrected chi connectivity index (χ3v) is 3.37. The molecule has 2 N–H and O–H groups in total. The van der Waals surface area contributed by atoms with E-state index in [4.69, 9.17) is 4.74 Å². The van der Waals surface area contributed by atoms with Gasteiger partial charge in [-0.05, 0) is 27.0 Å². The highest BCUT2D eigenvalue weighted by Gasteiger charge is 2.34. The van der Waals surface area contributed by atoms with Crippen molar-refractivity contribution in [3.05, 3.63) is 29.6 Å². The van der Waals surface area contributed by atoms with Crippen LogP contribution in [-0.2, 0) is 4.79 Å². The minimum atomic E-state index is -0.429. The van der Waals surface area contributed by atoms with Gasteiger partial charge < -0.3 is 15.4 Å². The number of rotatable bonds is 4. The number of fused-ring (bicyclic) bond motifs is 1. The van der Waals surface area contributed by atoms with Crippen LogP contribution < -0.4 is 15.4 Å². The highest BCUT2D eigenvalue weighted by atomic mass is 35.5. The molecule has 1 aliphatic heterocycles. The molecule has 0 aromatic heterocycles. The van der Waals surface area contributed by atoms with E-state index < -0.39 is 5.60 Å². The average Bonchev–Trinajstić information content (AvgIpc) is 2.34. The van der Waals surface area contributed by atoms with E-state index in [0.29, 0.717) is 25.1 Å². The Morgan fingerprint density at radius 2 is 2.19 bits per heavy atom. The Bertz CT molecular complexity index is 508. The van der Waals surface area contributed by atoms with Crippen LogP contribution in [0.1, 0.15) is 38.3 Å². The Balaban J connectivity index is 0.00000220. The first-order chi connectivity index (χ1) is 9.41. The minimum absolute atomic E-state index is 0. The summed E-state index contributed by atoms with van der Waals surface area (Å²) in [6.07, 6.45) is 1.09. The van der Waals surface area contributed by atoms with Gasteiger partial charge in [-0.1, -0.05) is 6.07 Å². The normalized spacial score (nSPS) is 19.0. The molecule has 0 radical (unpaired) electrons. The average molecular weight is 317 g/mol. The highest BCUT2D eigenvalue weighted by molar-refractivity contribution is 5.85. The zero-order valence-electron chi connectivity index (χ0n) is 12.5. The first kappa shape index (κ1) is 17.7. The third kappa shape index (κ3) is 4.58. The maximum atomic E-state index is 13.3. The number of carbonyl (C=O) groups excluding carboxylic acids is 1. The van der Waals surface area contributed by atoms with Crippen LogP contribution in [0, 0.1) is 5.82 Å². The number of benzene rings is 1. The van der Waals surface area contributed by atoms with Crippen LogP contribution in [0.4, 0.5) is 4.39 Å². The summed E-state index contributed by atoms with van der Waals surface area (Å²) in [5, 5.41) is 5.95. The van der Waals surface area contributed by atoms with Gasteiger partial charge in [-0.25, -0.2) is 4.39 Å². The third-order valence-electron chi connectivity index (χ3n) is 3.37. The molecule has 0 saturated heterocycles. The SMILES string of the molecule is CNCCC(=O)NC1CC(C)(C)Oc2cc(F)ccc21.Cl. The van der Waals surface area contributed by atoms with Crippen molar-refractivity contribution in [1.82, 2.24) is 10.6 Å². The van der Waals surface area contributed by atoms with Crippen LogP contribution in [0.2, 0.25) is 0 Å². The first-order valence-electron chi connectivity index (χ1n) is 6.84. The molecular formula is C15H22ClFN2O2. The molecule has 4 nitrogen and oxygen atoms in total. The molecule has 21 heavy (non-hydrogen) atoms. The summed E-state index contributed by atoms with van der Waals surface area (Å²) in [6.45, 7) is 4.51. The first-order valence-corrected chi connectivity index (χ1v) is 6.84. The van der Waals surface area contributed by atoms with Gasteiger partial charge in [0.2, 0.25) is 5.91 Å². The highest BCUT2D eigenvalue weighted by Crippen LogP contribution is 2.39. The Hall–Kier alpha value is -1.33. The lowest BCUT2D eigenvalue weighted by Crippen LogP contribution is -2.41. The Morgan fingerprint density at radius 3 is 2.86 bits per heavy atom. The molecule has 1 amide bonds. The van der Waals surface area contributed by atoms with Crippen LogP contribution >= 0.6 is 12.4 Å². The Morgan fingerprint density at radius 1 is 1.48 bits per heavy atom. The summed E-state index contributed by atoms with van der Waals surface area (Å²) >= 11 is 0. The van der Waals surface area contributed by atoms with Crippen LogP contribution in [0.3, 0.4) is 0 Å². The van der Waals surface area contributed by atoms with E-state index in [9.17, 15) is 9.18 Å². The van der Waals surface area contributed by atoms with E-state index in [0.717, 1.165) is 5.56 Å². The van der Waals surface area contributed by atoms with Crippen molar-refractivity contribution in [3.63, 3.8) is 0 Å². The van der Waals surface area contributed by atoms with E-state index in [-0.39, 0.29) is 30.2 Å². The standard InChI is InChI=1S/C15H21FN2O2.ClH/c1-15(2)9-12(18-14(19)6-7-17-3)11-5-4-10(16)8-13(11)20-15;/h4-5,8,12,17H,6-7,9H2,1-3H3,(H,18,19);1H. The maximum Gasteiger partial charge on any atom is 0.221 e. The predicted octanol–water partition coefficient (Wildman–Crippen LogP) is 2.58. The second-order valence-electron chi connectivity index (χ2n) is 5.72. The lowest BCUT2D eigenvalue weighted by molar-refractivity contribution is -0.122. The summed E-state index contributed by atoms with van der Waals surface area (Å²) in [6, 6.07) is 4.32. The van der Waals surface area contributed by atoms with Gasteiger partial charge in [0.05, 0.1) is 6.04 Å². The molecule has 0 aliphatic carbocycles. The number of ether oxygens (including phenoxy) is 1.